The van der Waals surface area contributed by atoms with Gasteiger partial charge in [-0.3, -0.25) is 14.4 Å². The first-order valence-electron chi connectivity index (χ1n) is 16.9. The van der Waals surface area contributed by atoms with Crippen LogP contribution in [0.3, 0.4) is 0 Å². The Morgan fingerprint density at radius 3 is 2.39 bits per heavy atom. The molecule has 0 aliphatic carbocycles. The summed E-state index contributed by atoms with van der Waals surface area (Å²) in [7, 11) is 1.60. The van der Waals surface area contributed by atoms with Crippen molar-refractivity contribution in [3.05, 3.63) is 95.4 Å². The van der Waals surface area contributed by atoms with Crippen LogP contribution in [0.25, 0.3) is 10.9 Å². The highest BCUT2D eigenvalue weighted by Crippen LogP contribution is 2.35. The fourth-order valence-electron chi connectivity index (χ4n) is 6.18. The maximum Gasteiger partial charge on any atom is 0.245 e. The number of unbranched alkanes of at least 4 members (excludes halogenated alkanes) is 1. The number of hydrogen-bond acceptors (Lipinski definition) is 7. The van der Waals surface area contributed by atoms with Crippen molar-refractivity contribution in [2.75, 3.05) is 20.1 Å². The molecule has 2 heterocycles. The lowest BCUT2D eigenvalue weighted by Gasteiger charge is -2.32. The number of nitrogens with zero attached hydrogens (tertiary/aromatic N) is 1. The number of para-hydroxylation sites is 1. The summed E-state index contributed by atoms with van der Waals surface area (Å²) in [5, 5.41) is 10.3. The van der Waals surface area contributed by atoms with Gasteiger partial charge in [-0.25, -0.2) is 4.39 Å². The van der Waals surface area contributed by atoms with Crippen molar-refractivity contribution in [1.82, 2.24) is 25.8 Å². The molecule has 0 radical (unpaired) electrons. The van der Waals surface area contributed by atoms with Gasteiger partial charge in [0.2, 0.25) is 17.7 Å². The number of rotatable bonds is 9. The summed E-state index contributed by atoms with van der Waals surface area (Å²) >= 11 is 1.28. The van der Waals surface area contributed by atoms with E-state index in [2.05, 4.69) is 20.9 Å². The number of hydrogen-bond donors (Lipinski definition) is 6. The first kappa shape index (κ1) is 36.1. The monoisotopic (exact) mass is 687 g/mol. The predicted molar refractivity (Wildman–Crippen MR) is 191 cm³/mol. The van der Waals surface area contributed by atoms with Crippen LogP contribution in [0, 0.1) is 5.82 Å². The lowest BCUT2D eigenvalue weighted by atomic mass is 10.0. The molecule has 0 bridgehead atoms. The maximum atomic E-state index is 15.4. The van der Waals surface area contributed by atoms with Crippen LogP contribution in [0.15, 0.2) is 82.7 Å². The van der Waals surface area contributed by atoms with E-state index in [1.165, 1.54) is 22.7 Å². The van der Waals surface area contributed by atoms with Gasteiger partial charge in [0.1, 0.15) is 17.9 Å². The van der Waals surface area contributed by atoms with Crippen LogP contribution in [-0.2, 0) is 33.9 Å². The summed E-state index contributed by atoms with van der Waals surface area (Å²) in [5.41, 5.74) is 14.9. The summed E-state index contributed by atoms with van der Waals surface area (Å²) in [6, 6.07) is 17.8. The molecule has 49 heavy (non-hydrogen) atoms. The number of aromatic amines is 1. The Balaban J connectivity index is 1.55. The van der Waals surface area contributed by atoms with Crippen LogP contribution in [-0.4, -0.2) is 65.9 Å². The number of benzene rings is 3. The first-order valence-corrected chi connectivity index (χ1v) is 17.7. The van der Waals surface area contributed by atoms with Crippen LogP contribution < -0.4 is 27.4 Å². The molecule has 3 amide bonds. The van der Waals surface area contributed by atoms with E-state index in [-0.39, 0.29) is 30.7 Å². The van der Waals surface area contributed by atoms with Gasteiger partial charge in [0.25, 0.3) is 0 Å². The predicted octanol–water partition coefficient (Wildman–Crippen LogP) is 3.97. The third-order valence-electron chi connectivity index (χ3n) is 9.01. The summed E-state index contributed by atoms with van der Waals surface area (Å²) < 4.78 is 15.4. The zero-order valence-corrected chi connectivity index (χ0v) is 28.7. The van der Waals surface area contributed by atoms with Crippen molar-refractivity contribution in [2.45, 2.75) is 79.5 Å². The van der Waals surface area contributed by atoms with Gasteiger partial charge in [0, 0.05) is 48.6 Å². The molecule has 5 rings (SSSR count). The maximum absolute atomic E-state index is 15.4. The van der Waals surface area contributed by atoms with Gasteiger partial charge < -0.3 is 37.3 Å². The van der Waals surface area contributed by atoms with Gasteiger partial charge in [-0.15, -0.1) is 0 Å². The van der Waals surface area contributed by atoms with Crippen molar-refractivity contribution >= 4 is 40.4 Å². The Kier molecular flexibility index (Phi) is 12.8. The number of carbonyl (C=O) groups is 3. The highest BCUT2D eigenvalue weighted by Gasteiger charge is 2.34. The molecule has 0 saturated carbocycles. The third kappa shape index (κ3) is 9.07. The van der Waals surface area contributed by atoms with Crippen LogP contribution in [0.1, 0.15) is 48.8 Å². The summed E-state index contributed by atoms with van der Waals surface area (Å²) in [6.45, 7) is 1.25. The number of aromatic nitrogens is 1. The van der Waals surface area contributed by atoms with Crippen LogP contribution in [0.2, 0.25) is 0 Å². The molecular formula is C37H46FN7O3S. The molecular weight excluding hydrogens is 642 g/mol. The minimum absolute atomic E-state index is 0.0591. The Bertz CT molecular complexity index is 1750. The Morgan fingerprint density at radius 1 is 0.837 bits per heavy atom. The molecule has 3 atom stereocenters. The van der Waals surface area contributed by atoms with Crippen molar-refractivity contribution in [1.29, 1.82) is 0 Å². The fourth-order valence-corrected chi connectivity index (χ4v) is 7.26. The van der Waals surface area contributed by atoms with E-state index >= 15 is 4.39 Å². The van der Waals surface area contributed by atoms with E-state index in [0.29, 0.717) is 62.2 Å². The molecule has 4 aromatic rings. The highest BCUT2D eigenvalue weighted by molar-refractivity contribution is 7.99. The van der Waals surface area contributed by atoms with E-state index in [1.807, 2.05) is 54.7 Å². The molecule has 10 nitrogen and oxygen atoms in total. The minimum atomic E-state index is -0.923. The second-order valence-corrected chi connectivity index (χ2v) is 13.4. The van der Waals surface area contributed by atoms with Gasteiger partial charge in [-0.1, -0.05) is 60.3 Å². The molecule has 1 aliphatic rings. The fraction of sp³-hybridized carbons (Fsp3) is 0.378. The van der Waals surface area contributed by atoms with Crippen LogP contribution in [0.5, 0.6) is 0 Å². The number of fused-ring (bicyclic) bond motifs is 3. The molecule has 0 fully saturated rings. The molecule has 3 aromatic carbocycles. The first-order chi connectivity index (χ1) is 23.8. The van der Waals surface area contributed by atoms with Gasteiger partial charge in [0.05, 0.1) is 10.9 Å². The van der Waals surface area contributed by atoms with E-state index in [0.717, 1.165) is 26.9 Å². The minimum Gasteiger partial charge on any atom is -0.361 e. The molecule has 1 aromatic heterocycles. The molecule has 0 spiro atoms. The lowest BCUT2D eigenvalue weighted by molar-refractivity contribution is -0.142. The van der Waals surface area contributed by atoms with E-state index in [4.69, 9.17) is 11.5 Å². The number of H-pyrrole nitrogens is 1. The van der Waals surface area contributed by atoms with E-state index < -0.39 is 23.9 Å². The SMILES string of the molecule is CN1C(=O)[C@H](CCCCN)NC(=O)[C@H](CCCN)NCc2ccccc2Sc2c(F)cccc2CNC(=O)[C@@H]1Cc1c[nH]c2ccccc12. The second-order valence-electron chi connectivity index (χ2n) is 12.4. The van der Waals surface area contributed by atoms with Gasteiger partial charge >= 0.3 is 0 Å². The molecule has 0 saturated heterocycles. The standard InChI is InChI=1S/C37H46FN7O3S/c1-45-32(20-26-23-41-29-14-4-3-12-27(26)29)36(47)43-22-25-11-8-13-28(38)34(25)49-33-17-5-2-10-24(33)21-42-30(16-9-19-40)35(46)44-31(37(45)48)15-6-7-18-39/h2-5,8,10-14,17,23,30-32,41-42H,6-7,9,15-16,18-22,39-40H2,1H3,(H,43,47)(H,44,46)/t30-,31-,32-/m0/s1. The van der Waals surface area contributed by atoms with Gasteiger partial charge in [0.15, 0.2) is 0 Å². The molecule has 260 valence electrons. The number of likely N-dealkylation sites (N-methyl/N-ethyl adjacent to an activating group) is 1. The molecule has 8 N–H and O–H groups in total. The molecule has 12 heteroatoms. The lowest BCUT2D eigenvalue weighted by Crippen LogP contribution is -2.57. The second kappa shape index (κ2) is 17.4. The molecule has 0 unspecified atom stereocenters. The highest BCUT2D eigenvalue weighted by atomic mass is 32.2. The average molecular weight is 688 g/mol. The largest absolute Gasteiger partial charge is 0.361 e. The van der Waals surface area contributed by atoms with Crippen molar-refractivity contribution in [3.63, 3.8) is 0 Å². The smallest absolute Gasteiger partial charge is 0.245 e. The summed E-state index contributed by atoms with van der Waals surface area (Å²) in [4.78, 5) is 48.2. The summed E-state index contributed by atoms with van der Waals surface area (Å²) in [6.07, 6.45) is 4.80. The average Bonchev–Trinajstić information content (AvgIpc) is 3.52. The van der Waals surface area contributed by atoms with E-state index in [9.17, 15) is 14.4 Å². The Hall–Kier alpha value is -4.23. The number of nitrogens with one attached hydrogen (secondary N) is 4. The normalized spacial score (nSPS) is 19.6. The number of amides is 3. The number of nitrogens with two attached hydrogens (primary N) is 2. The Labute approximate surface area is 290 Å². The third-order valence-corrected chi connectivity index (χ3v) is 10.3. The quantitative estimate of drug-likeness (QED) is 0.145. The zero-order valence-electron chi connectivity index (χ0n) is 27.8. The molecule has 1 aliphatic heterocycles. The van der Waals surface area contributed by atoms with Crippen molar-refractivity contribution in [2.24, 2.45) is 11.5 Å². The Morgan fingerprint density at radius 2 is 1.57 bits per heavy atom. The zero-order chi connectivity index (χ0) is 34.8. The summed E-state index contributed by atoms with van der Waals surface area (Å²) in [5.74, 6) is -1.49. The van der Waals surface area contributed by atoms with Crippen LogP contribution in [0.4, 0.5) is 4.39 Å². The van der Waals surface area contributed by atoms with Gasteiger partial charge in [-0.2, -0.15) is 0 Å². The number of halogens is 1. The van der Waals surface area contributed by atoms with Gasteiger partial charge in [-0.05, 0) is 80.1 Å². The topological polar surface area (TPSA) is 158 Å². The van der Waals surface area contributed by atoms with Crippen molar-refractivity contribution in [3.8, 4) is 0 Å². The van der Waals surface area contributed by atoms with Crippen molar-refractivity contribution < 1.29 is 18.8 Å². The number of carbonyl (C=O) groups excluding carboxylic acids is 3. The van der Waals surface area contributed by atoms with E-state index in [1.54, 1.807) is 19.2 Å². The van der Waals surface area contributed by atoms with Crippen LogP contribution >= 0.6 is 11.8 Å².